The van der Waals surface area contributed by atoms with Crippen LogP contribution >= 0.6 is 15.9 Å². The summed E-state index contributed by atoms with van der Waals surface area (Å²) in [7, 11) is -0.836. The number of aromatic nitrogens is 1. The summed E-state index contributed by atoms with van der Waals surface area (Å²) >= 11 is 3.49. The molecule has 1 unspecified atom stereocenters. The first-order chi connectivity index (χ1) is 10.6. The van der Waals surface area contributed by atoms with Crippen LogP contribution in [0, 0.1) is 11.3 Å². The Morgan fingerprint density at radius 2 is 2.18 bits per heavy atom. The molecule has 2 heterocycles. The Kier molecular flexibility index (Phi) is 4.67. The van der Waals surface area contributed by atoms with Crippen LogP contribution in [-0.4, -0.2) is 32.3 Å². The molecular weight excluding hydrogens is 362 g/mol. The number of nitriles is 1. The van der Waals surface area contributed by atoms with Gasteiger partial charge in [0.1, 0.15) is 6.07 Å². The molecule has 1 aromatic heterocycles. The second-order valence-corrected chi connectivity index (χ2v) is 8.20. The smallest absolute Gasteiger partial charge is 0.101 e. The van der Waals surface area contributed by atoms with Crippen molar-refractivity contribution in [1.82, 2.24) is 9.29 Å². The third-order valence-electron chi connectivity index (χ3n) is 4.34. The van der Waals surface area contributed by atoms with Crippen molar-refractivity contribution in [3.8, 4) is 6.07 Å². The molecule has 3 rings (SSSR count). The molecule has 116 valence electrons. The lowest BCUT2D eigenvalue weighted by atomic mass is 9.90. The molecule has 0 bridgehead atoms. The standard InChI is InChI=1S/C16H18BrN3OS/c1-2-22(21)20-5-3-11(4-6-20)15-10-19-16-12(9-18)7-13(17)8-14(15)16/h7-8,10-11,19H,2-6H2,1H3. The molecule has 0 saturated carbocycles. The van der Waals surface area contributed by atoms with E-state index in [2.05, 4.69) is 37.4 Å². The summed E-state index contributed by atoms with van der Waals surface area (Å²) in [6.07, 6.45) is 4.05. The third-order valence-corrected chi connectivity index (χ3v) is 6.23. The van der Waals surface area contributed by atoms with Crippen LogP contribution in [0.25, 0.3) is 10.9 Å². The lowest BCUT2D eigenvalue weighted by Crippen LogP contribution is -2.35. The van der Waals surface area contributed by atoms with Crippen LogP contribution in [0.1, 0.15) is 36.8 Å². The van der Waals surface area contributed by atoms with Gasteiger partial charge in [-0.2, -0.15) is 5.26 Å². The second kappa shape index (κ2) is 6.53. The number of rotatable bonds is 3. The Labute approximate surface area is 141 Å². The van der Waals surface area contributed by atoms with Gasteiger partial charge in [0.15, 0.2) is 0 Å². The number of nitrogens with one attached hydrogen (secondary N) is 1. The highest BCUT2D eigenvalue weighted by Gasteiger charge is 2.25. The highest BCUT2D eigenvalue weighted by atomic mass is 79.9. The number of nitrogens with zero attached hydrogens (tertiary/aromatic N) is 2. The molecule has 0 radical (unpaired) electrons. The molecule has 0 aliphatic carbocycles. The predicted molar refractivity (Wildman–Crippen MR) is 92.9 cm³/mol. The van der Waals surface area contributed by atoms with E-state index < -0.39 is 11.0 Å². The average Bonchev–Trinajstić information content (AvgIpc) is 2.97. The van der Waals surface area contributed by atoms with E-state index in [4.69, 9.17) is 0 Å². The Hall–Kier alpha value is -1.16. The van der Waals surface area contributed by atoms with Crippen LogP contribution in [0.2, 0.25) is 0 Å². The van der Waals surface area contributed by atoms with E-state index in [0.717, 1.165) is 41.3 Å². The predicted octanol–water partition coefficient (Wildman–Crippen LogP) is 3.67. The van der Waals surface area contributed by atoms with Gasteiger partial charge in [-0.15, -0.1) is 0 Å². The van der Waals surface area contributed by atoms with Crippen molar-refractivity contribution in [2.75, 3.05) is 18.8 Å². The Morgan fingerprint density at radius 1 is 1.45 bits per heavy atom. The first-order valence-electron chi connectivity index (χ1n) is 7.48. The number of hydrogen-bond donors (Lipinski definition) is 1. The normalized spacial score (nSPS) is 18.4. The van der Waals surface area contributed by atoms with Crippen LogP contribution in [-0.2, 0) is 11.0 Å². The number of H-pyrrole nitrogens is 1. The van der Waals surface area contributed by atoms with Gasteiger partial charge in [0.05, 0.1) is 22.1 Å². The van der Waals surface area contributed by atoms with Gasteiger partial charge in [-0.3, -0.25) is 0 Å². The molecule has 1 aliphatic rings. The molecule has 1 fully saturated rings. The highest BCUT2D eigenvalue weighted by Crippen LogP contribution is 2.35. The number of aromatic amines is 1. The molecular formula is C16H18BrN3OS. The van der Waals surface area contributed by atoms with E-state index in [1.807, 2.05) is 19.2 Å². The lowest BCUT2D eigenvalue weighted by molar-refractivity contribution is 0.335. The van der Waals surface area contributed by atoms with E-state index in [9.17, 15) is 9.47 Å². The molecule has 1 aliphatic heterocycles. The van der Waals surface area contributed by atoms with Gasteiger partial charge in [-0.05, 0) is 36.5 Å². The van der Waals surface area contributed by atoms with Gasteiger partial charge in [0.2, 0.25) is 0 Å². The fraction of sp³-hybridized carbons (Fsp3) is 0.438. The van der Waals surface area contributed by atoms with Gasteiger partial charge < -0.3 is 4.98 Å². The first kappa shape index (κ1) is 15.7. The fourth-order valence-corrected chi connectivity index (χ4v) is 4.64. The summed E-state index contributed by atoms with van der Waals surface area (Å²) in [5, 5.41) is 10.4. The van der Waals surface area contributed by atoms with Crippen LogP contribution in [0.4, 0.5) is 0 Å². The monoisotopic (exact) mass is 379 g/mol. The van der Waals surface area contributed by atoms with E-state index in [1.54, 1.807) is 0 Å². The second-order valence-electron chi connectivity index (χ2n) is 5.55. The van der Waals surface area contributed by atoms with Crippen molar-refractivity contribution >= 4 is 37.8 Å². The van der Waals surface area contributed by atoms with E-state index >= 15 is 0 Å². The van der Waals surface area contributed by atoms with Crippen molar-refractivity contribution in [3.05, 3.63) is 33.9 Å². The minimum atomic E-state index is -0.836. The average molecular weight is 380 g/mol. The third kappa shape index (κ3) is 2.85. The quantitative estimate of drug-likeness (QED) is 0.884. The number of halogens is 1. The minimum Gasteiger partial charge on any atom is -0.360 e. The maximum Gasteiger partial charge on any atom is 0.101 e. The van der Waals surface area contributed by atoms with Crippen molar-refractivity contribution in [3.63, 3.8) is 0 Å². The van der Waals surface area contributed by atoms with E-state index in [1.165, 1.54) is 5.56 Å². The van der Waals surface area contributed by atoms with Gasteiger partial charge in [0.25, 0.3) is 0 Å². The topological polar surface area (TPSA) is 59.9 Å². The maximum atomic E-state index is 11.9. The molecule has 1 N–H and O–H groups in total. The van der Waals surface area contributed by atoms with Crippen LogP contribution < -0.4 is 0 Å². The zero-order valence-electron chi connectivity index (χ0n) is 12.4. The summed E-state index contributed by atoms with van der Waals surface area (Å²) in [4.78, 5) is 3.26. The number of hydrogen-bond acceptors (Lipinski definition) is 2. The van der Waals surface area contributed by atoms with Crippen molar-refractivity contribution in [2.45, 2.75) is 25.7 Å². The molecule has 1 aromatic carbocycles. The molecule has 1 atom stereocenters. The van der Waals surface area contributed by atoms with Crippen LogP contribution in [0.5, 0.6) is 0 Å². The number of fused-ring (bicyclic) bond motifs is 1. The molecule has 0 amide bonds. The molecule has 22 heavy (non-hydrogen) atoms. The SMILES string of the molecule is CCS(=O)N1CCC(c2c[nH]c3c(C#N)cc(Br)cc23)CC1. The minimum absolute atomic E-state index is 0.458. The van der Waals surface area contributed by atoms with Gasteiger partial charge in [-0.25, -0.2) is 8.51 Å². The Morgan fingerprint density at radius 3 is 2.82 bits per heavy atom. The summed E-state index contributed by atoms with van der Waals surface area (Å²) in [6.45, 7) is 3.70. The van der Waals surface area contributed by atoms with Crippen molar-refractivity contribution in [2.24, 2.45) is 0 Å². The van der Waals surface area contributed by atoms with E-state index in [0.29, 0.717) is 17.2 Å². The largest absolute Gasteiger partial charge is 0.360 e. The molecule has 6 heteroatoms. The lowest BCUT2D eigenvalue weighted by Gasteiger charge is -2.30. The zero-order chi connectivity index (χ0) is 15.7. The molecule has 4 nitrogen and oxygen atoms in total. The van der Waals surface area contributed by atoms with Gasteiger partial charge in [-0.1, -0.05) is 22.9 Å². The van der Waals surface area contributed by atoms with Gasteiger partial charge in [0, 0.05) is 34.9 Å². The van der Waals surface area contributed by atoms with Crippen LogP contribution in [0.3, 0.4) is 0 Å². The van der Waals surface area contributed by atoms with E-state index in [-0.39, 0.29) is 0 Å². The first-order valence-corrected chi connectivity index (χ1v) is 9.55. The molecule has 0 spiro atoms. The zero-order valence-corrected chi connectivity index (χ0v) is 14.8. The number of benzene rings is 1. The summed E-state index contributed by atoms with van der Waals surface area (Å²) < 4.78 is 14.9. The Balaban J connectivity index is 1.88. The molecule has 1 saturated heterocycles. The summed E-state index contributed by atoms with van der Waals surface area (Å²) in [6, 6.07) is 6.17. The maximum absolute atomic E-state index is 11.9. The number of piperidine rings is 1. The summed E-state index contributed by atoms with van der Waals surface area (Å²) in [5.74, 6) is 1.15. The highest BCUT2D eigenvalue weighted by molar-refractivity contribution is 9.10. The van der Waals surface area contributed by atoms with Gasteiger partial charge >= 0.3 is 0 Å². The van der Waals surface area contributed by atoms with Crippen molar-refractivity contribution in [1.29, 1.82) is 5.26 Å². The van der Waals surface area contributed by atoms with Crippen LogP contribution in [0.15, 0.2) is 22.8 Å². The fourth-order valence-electron chi connectivity index (χ4n) is 3.20. The molecule has 2 aromatic rings. The Bertz CT molecular complexity index is 757. The van der Waals surface area contributed by atoms with Crippen molar-refractivity contribution < 1.29 is 4.21 Å². The summed E-state index contributed by atoms with van der Waals surface area (Å²) in [5.41, 5.74) is 2.86.